The lowest BCUT2D eigenvalue weighted by Crippen LogP contribution is -2.30. The predicted octanol–water partition coefficient (Wildman–Crippen LogP) is 3.50. The summed E-state index contributed by atoms with van der Waals surface area (Å²) in [5.41, 5.74) is 0.772. The van der Waals surface area contributed by atoms with Crippen LogP contribution in [-0.2, 0) is 4.79 Å². The molecule has 1 aromatic carbocycles. The smallest absolute Gasteiger partial charge is 0.227 e. The number of anilines is 1. The summed E-state index contributed by atoms with van der Waals surface area (Å²) in [4.78, 5) is 13.6. The van der Waals surface area contributed by atoms with Crippen LogP contribution in [0.5, 0.6) is 0 Å². The molecular formula is C12H13BrFNO. The molecule has 0 radical (unpaired) electrons. The average Bonchev–Trinajstić information content (AvgIpc) is 2.44. The van der Waals surface area contributed by atoms with Gasteiger partial charge < -0.3 is 4.90 Å². The van der Waals surface area contributed by atoms with Crippen molar-refractivity contribution in [2.45, 2.75) is 25.7 Å². The fourth-order valence-electron chi connectivity index (χ4n) is 1.94. The Kier molecular flexibility index (Phi) is 3.59. The maximum atomic E-state index is 13.0. The molecule has 86 valence electrons. The lowest BCUT2D eigenvalue weighted by Gasteiger charge is -2.21. The van der Waals surface area contributed by atoms with Crippen LogP contribution in [0.25, 0.3) is 0 Å². The van der Waals surface area contributed by atoms with Crippen molar-refractivity contribution < 1.29 is 9.18 Å². The first-order chi connectivity index (χ1) is 7.68. The maximum Gasteiger partial charge on any atom is 0.227 e. The normalized spacial score (nSPS) is 17.4. The molecule has 0 N–H and O–H groups in total. The van der Waals surface area contributed by atoms with E-state index >= 15 is 0 Å². The zero-order chi connectivity index (χ0) is 11.5. The van der Waals surface area contributed by atoms with Crippen LogP contribution in [0.15, 0.2) is 22.7 Å². The SMILES string of the molecule is O=C1CCCCCN1c1ccc(F)cc1Br. The standard InChI is InChI=1S/C12H13BrFNO/c13-10-8-9(14)5-6-11(10)15-7-3-1-2-4-12(15)16/h5-6,8H,1-4,7H2. The molecular weight excluding hydrogens is 273 g/mol. The van der Waals surface area contributed by atoms with Gasteiger partial charge in [0.15, 0.2) is 0 Å². The van der Waals surface area contributed by atoms with Crippen molar-refractivity contribution in [1.29, 1.82) is 0 Å². The molecule has 0 aromatic heterocycles. The number of benzene rings is 1. The van der Waals surface area contributed by atoms with Crippen LogP contribution in [0.4, 0.5) is 10.1 Å². The zero-order valence-corrected chi connectivity index (χ0v) is 10.5. The molecule has 1 saturated heterocycles. The van der Waals surface area contributed by atoms with E-state index in [4.69, 9.17) is 0 Å². The summed E-state index contributed by atoms with van der Waals surface area (Å²) in [6.07, 6.45) is 3.63. The van der Waals surface area contributed by atoms with Crippen molar-refractivity contribution in [3.05, 3.63) is 28.5 Å². The fourth-order valence-corrected chi connectivity index (χ4v) is 2.50. The third kappa shape index (κ3) is 2.43. The van der Waals surface area contributed by atoms with E-state index in [0.29, 0.717) is 10.9 Å². The van der Waals surface area contributed by atoms with Gasteiger partial charge in [-0.25, -0.2) is 4.39 Å². The van der Waals surface area contributed by atoms with Crippen LogP contribution in [0.2, 0.25) is 0 Å². The Morgan fingerprint density at radius 1 is 1.25 bits per heavy atom. The van der Waals surface area contributed by atoms with E-state index in [1.54, 1.807) is 11.0 Å². The number of nitrogens with zero attached hydrogens (tertiary/aromatic N) is 1. The van der Waals surface area contributed by atoms with Gasteiger partial charge in [-0.2, -0.15) is 0 Å². The van der Waals surface area contributed by atoms with Crippen molar-refractivity contribution >= 4 is 27.5 Å². The molecule has 0 aliphatic carbocycles. The number of rotatable bonds is 1. The van der Waals surface area contributed by atoms with Crippen LogP contribution in [-0.4, -0.2) is 12.5 Å². The van der Waals surface area contributed by atoms with E-state index in [-0.39, 0.29) is 11.7 Å². The lowest BCUT2D eigenvalue weighted by molar-refractivity contribution is -0.118. The molecule has 1 fully saturated rings. The molecule has 4 heteroatoms. The Hall–Kier alpha value is -0.900. The molecule has 0 spiro atoms. The van der Waals surface area contributed by atoms with Gasteiger partial charge in [0.2, 0.25) is 5.91 Å². The summed E-state index contributed by atoms with van der Waals surface area (Å²) in [7, 11) is 0. The predicted molar refractivity (Wildman–Crippen MR) is 64.9 cm³/mol. The highest BCUT2D eigenvalue weighted by molar-refractivity contribution is 9.10. The van der Waals surface area contributed by atoms with E-state index in [0.717, 1.165) is 31.5 Å². The van der Waals surface area contributed by atoms with Crippen LogP contribution in [0.1, 0.15) is 25.7 Å². The lowest BCUT2D eigenvalue weighted by atomic mass is 10.2. The summed E-state index contributed by atoms with van der Waals surface area (Å²) >= 11 is 3.30. The van der Waals surface area contributed by atoms with Gasteiger partial charge in [-0.15, -0.1) is 0 Å². The first-order valence-corrected chi connectivity index (χ1v) is 6.23. The van der Waals surface area contributed by atoms with Gasteiger partial charge in [-0.05, 0) is 47.0 Å². The number of halogens is 2. The number of amides is 1. The molecule has 2 rings (SSSR count). The molecule has 1 aromatic rings. The largest absolute Gasteiger partial charge is 0.311 e. The molecule has 0 bridgehead atoms. The number of hydrogen-bond acceptors (Lipinski definition) is 1. The van der Waals surface area contributed by atoms with E-state index in [1.807, 2.05) is 0 Å². The van der Waals surface area contributed by atoms with Gasteiger partial charge in [0.05, 0.1) is 5.69 Å². The molecule has 2 nitrogen and oxygen atoms in total. The summed E-state index contributed by atoms with van der Waals surface area (Å²) in [5.74, 6) is -0.164. The van der Waals surface area contributed by atoms with E-state index in [1.165, 1.54) is 12.1 Å². The summed E-state index contributed by atoms with van der Waals surface area (Å²) in [6.45, 7) is 0.725. The highest BCUT2D eigenvalue weighted by atomic mass is 79.9. The van der Waals surface area contributed by atoms with Crippen molar-refractivity contribution in [3.8, 4) is 0 Å². The first-order valence-electron chi connectivity index (χ1n) is 5.44. The third-order valence-corrected chi connectivity index (χ3v) is 3.41. The average molecular weight is 286 g/mol. The summed E-state index contributed by atoms with van der Waals surface area (Å²) < 4.78 is 13.6. The Labute approximate surface area is 103 Å². The van der Waals surface area contributed by atoms with Crippen LogP contribution in [0.3, 0.4) is 0 Å². The monoisotopic (exact) mass is 285 g/mol. The Balaban J connectivity index is 2.30. The molecule has 1 aliphatic rings. The molecule has 0 saturated carbocycles. The van der Waals surface area contributed by atoms with Crippen molar-refractivity contribution in [2.24, 2.45) is 0 Å². The maximum absolute atomic E-state index is 13.0. The minimum Gasteiger partial charge on any atom is -0.311 e. The summed E-state index contributed by atoms with van der Waals surface area (Å²) in [6, 6.07) is 4.44. The Morgan fingerprint density at radius 2 is 2.06 bits per heavy atom. The zero-order valence-electron chi connectivity index (χ0n) is 8.88. The Morgan fingerprint density at radius 3 is 2.81 bits per heavy atom. The number of carbonyl (C=O) groups is 1. The first kappa shape index (κ1) is 11.6. The van der Waals surface area contributed by atoms with Crippen LogP contribution >= 0.6 is 15.9 Å². The molecule has 1 amide bonds. The second kappa shape index (κ2) is 4.95. The van der Waals surface area contributed by atoms with Gasteiger partial charge in [0, 0.05) is 17.4 Å². The second-order valence-electron chi connectivity index (χ2n) is 3.95. The fraction of sp³-hybridized carbons (Fsp3) is 0.417. The van der Waals surface area contributed by atoms with E-state index in [2.05, 4.69) is 15.9 Å². The third-order valence-electron chi connectivity index (χ3n) is 2.77. The Bertz CT molecular complexity index is 408. The second-order valence-corrected chi connectivity index (χ2v) is 4.81. The van der Waals surface area contributed by atoms with Crippen molar-refractivity contribution in [1.82, 2.24) is 0 Å². The van der Waals surface area contributed by atoms with Crippen molar-refractivity contribution in [3.63, 3.8) is 0 Å². The van der Waals surface area contributed by atoms with Gasteiger partial charge in [-0.3, -0.25) is 4.79 Å². The topological polar surface area (TPSA) is 20.3 Å². The molecule has 0 unspecified atom stereocenters. The summed E-state index contributed by atoms with van der Waals surface area (Å²) in [5, 5.41) is 0. The van der Waals surface area contributed by atoms with Crippen LogP contribution < -0.4 is 4.90 Å². The minimum atomic E-state index is -0.294. The molecule has 1 aliphatic heterocycles. The van der Waals surface area contributed by atoms with Gasteiger partial charge in [-0.1, -0.05) is 6.42 Å². The minimum absolute atomic E-state index is 0.129. The quantitative estimate of drug-likeness (QED) is 0.773. The van der Waals surface area contributed by atoms with Gasteiger partial charge in [0.1, 0.15) is 5.82 Å². The van der Waals surface area contributed by atoms with Gasteiger partial charge in [0.25, 0.3) is 0 Å². The van der Waals surface area contributed by atoms with E-state index in [9.17, 15) is 9.18 Å². The molecule has 1 heterocycles. The highest BCUT2D eigenvalue weighted by Crippen LogP contribution is 2.29. The van der Waals surface area contributed by atoms with Crippen LogP contribution in [0, 0.1) is 5.82 Å². The highest BCUT2D eigenvalue weighted by Gasteiger charge is 2.20. The van der Waals surface area contributed by atoms with E-state index < -0.39 is 0 Å². The molecule has 16 heavy (non-hydrogen) atoms. The number of hydrogen-bond donors (Lipinski definition) is 0. The molecule has 0 atom stereocenters. The van der Waals surface area contributed by atoms with Crippen molar-refractivity contribution in [2.75, 3.05) is 11.4 Å². The van der Waals surface area contributed by atoms with Gasteiger partial charge >= 0.3 is 0 Å². The number of carbonyl (C=O) groups excluding carboxylic acids is 1.